The molecule has 1 amide bonds. The van der Waals surface area contributed by atoms with Gasteiger partial charge in [-0.3, -0.25) is 0 Å². The maximum Gasteiger partial charge on any atom is 0.407 e. The van der Waals surface area contributed by atoms with Crippen LogP contribution in [0.1, 0.15) is 22.6 Å². The summed E-state index contributed by atoms with van der Waals surface area (Å²) >= 11 is 0. The van der Waals surface area contributed by atoms with Crippen LogP contribution in [0.2, 0.25) is 0 Å². The number of carbonyl (C=O) groups excluding carboxylic acids is 1. The van der Waals surface area contributed by atoms with Crippen molar-refractivity contribution in [2.75, 3.05) is 44.7 Å². The lowest BCUT2D eigenvalue weighted by Gasteiger charge is -2.34. The third-order valence-corrected chi connectivity index (χ3v) is 7.18. The number of aliphatic carboxylic acids is 1. The van der Waals surface area contributed by atoms with E-state index in [1.165, 1.54) is 0 Å². The van der Waals surface area contributed by atoms with Crippen molar-refractivity contribution in [3.8, 4) is 11.1 Å². The zero-order valence-electron chi connectivity index (χ0n) is 20.4. The fourth-order valence-corrected chi connectivity index (χ4v) is 5.13. The predicted molar refractivity (Wildman–Crippen MR) is 139 cm³/mol. The van der Waals surface area contributed by atoms with Crippen molar-refractivity contribution in [2.24, 2.45) is 0 Å². The molecular weight excluding hydrogens is 454 g/mol. The van der Waals surface area contributed by atoms with Crippen LogP contribution in [0.15, 0.2) is 72.8 Å². The second-order valence-electron chi connectivity index (χ2n) is 9.52. The van der Waals surface area contributed by atoms with Crippen LogP contribution in [0, 0.1) is 0 Å². The number of hydrogen-bond donors (Lipinski definition) is 2. The van der Waals surface area contributed by atoms with Crippen molar-refractivity contribution in [3.63, 3.8) is 0 Å². The van der Waals surface area contributed by atoms with Crippen molar-refractivity contribution in [3.05, 3.63) is 89.5 Å². The minimum Gasteiger partial charge on any atom is -0.480 e. The lowest BCUT2D eigenvalue weighted by atomic mass is 9.98. The first-order chi connectivity index (χ1) is 17.5. The molecular formula is C29H31N3O4. The number of carbonyl (C=O) groups is 2. The molecule has 3 aromatic rings. The molecule has 1 aliphatic carbocycles. The molecule has 3 aromatic carbocycles. The van der Waals surface area contributed by atoms with Gasteiger partial charge in [0.2, 0.25) is 0 Å². The molecule has 7 nitrogen and oxygen atoms in total. The molecule has 2 aliphatic rings. The number of ether oxygens (including phenoxy) is 1. The van der Waals surface area contributed by atoms with Crippen molar-refractivity contribution in [1.82, 2.24) is 10.2 Å². The number of piperazine rings is 1. The van der Waals surface area contributed by atoms with Gasteiger partial charge in [0.15, 0.2) is 0 Å². The number of amides is 1. The number of likely N-dealkylation sites (N-methyl/N-ethyl adjacent to an activating group) is 1. The van der Waals surface area contributed by atoms with Gasteiger partial charge >= 0.3 is 12.1 Å². The Morgan fingerprint density at radius 3 is 2.08 bits per heavy atom. The quantitative estimate of drug-likeness (QED) is 0.527. The number of benzene rings is 3. The SMILES string of the molecule is CN1CCN(c2ccc(C[C@H](NC(=O)OCC3c4ccccc4-c4ccccc43)C(=O)O)cc2)CC1. The van der Waals surface area contributed by atoms with E-state index >= 15 is 0 Å². The molecule has 0 bridgehead atoms. The highest BCUT2D eigenvalue weighted by atomic mass is 16.5. The van der Waals surface area contributed by atoms with E-state index in [-0.39, 0.29) is 18.9 Å². The summed E-state index contributed by atoms with van der Waals surface area (Å²) in [6, 6.07) is 23.0. The first-order valence-corrected chi connectivity index (χ1v) is 12.4. The Hall–Kier alpha value is -3.84. The van der Waals surface area contributed by atoms with Crippen molar-refractivity contribution in [1.29, 1.82) is 0 Å². The Balaban J connectivity index is 1.19. The Morgan fingerprint density at radius 2 is 1.50 bits per heavy atom. The zero-order valence-corrected chi connectivity index (χ0v) is 20.4. The average Bonchev–Trinajstić information content (AvgIpc) is 3.22. The number of nitrogens with zero attached hydrogens (tertiary/aromatic N) is 2. The second kappa shape index (κ2) is 10.4. The smallest absolute Gasteiger partial charge is 0.407 e. The van der Waals surface area contributed by atoms with Crippen molar-refractivity contribution in [2.45, 2.75) is 18.4 Å². The summed E-state index contributed by atoms with van der Waals surface area (Å²) in [6.45, 7) is 4.12. The van der Waals surface area contributed by atoms with Crippen LogP contribution in [0.3, 0.4) is 0 Å². The highest BCUT2D eigenvalue weighted by Crippen LogP contribution is 2.44. The summed E-state index contributed by atoms with van der Waals surface area (Å²) < 4.78 is 5.54. The third kappa shape index (κ3) is 5.06. The largest absolute Gasteiger partial charge is 0.480 e. The number of carboxylic acids is 1. The number of anilines is 1. The number of hydrogen-bond acceptors (Lipinski definition) is 5. The number of rotatable bonds is 7. The maximum atomic E-state index is 12.6. The average molecular weight is 486 g/mol. The normalized spacial score (nSPS) is 16.2. The van der Waals surface area contributed by atoms with Crippen LogP contribution in [0.5, 0.6) is 0 Å². The van der Waals surface area contributed by atoms with Crippen molar-refractivity contribution < 1.29 is 19.4 Å². The number of nitrogens with one attached hydrogen (secondary N) is 1. The van der Waals surface area contributed by atoms with Gasteiger partial charge in [-0.2, -0.15) is 0 Å². The molecule has 186 valence electrons. The van der Waals surface area contributed by atoms with E-state index in [0.717, 1.165) is 59.7 Å². The summed E-state index contributed by atoms with van der Waals surface area (Å²) in [5, 5.41) is 12.3. The predicted octanol–water partition coefficient (Wildman–Crippen LogP) is 3.97. The van der Waals surface area contributed by atoms with E-state index in [0.29, 0.717) is 0 Å². The van der Waals surface area contributed by atoms with E-state index < -0.39 is 18.1 Å². The van der Waals surface area contributed by atoms with Gasteiger partial charge in [-0.1, -0.05) is 60.7 Å². The van der Waals surface area contributed by atoms with Gasteiger partial charge in [-0.05, 0) is 47.0 Å². The molecule has 1 aliphatic heterocycles. The first kappa shape index (κ1) is 23.9. The van der Waals surface area contributed by atoms with Crippen LogP contribution in [0.4, 0.5) is 10.5 Å². The molecule has 1 saturated heterocycles. The number of fused-ring (bicyclic) bond motifs is 3. The van der Waals surface area contributed by atoms with Gasteiger partial charge in [0.05, 0.1) is 0 Å². The maximum absolute atomic E-state index is 12.6. The van der Waals surface area contributed by atoms with Crippen LogP contribution >= 0.6 is 0 Å². The molecule has 2 N–H and O–H groups in total. The summed E-state index contributed by atoms with van der Waals surface area (Å²) in [6.07, 6.45) is -0.541. The monoisotopic (exact) mass is 485 g/mol. The summed E-state index contributed by atoms with van der Waals surface area (Å²) in [7, 11) is 2.12. The molecule has 7 heteroatoms. The van der Waals surface area contributed by atoms with Crippen LogP contribution < -0.4 is 10.2 Å². The van der Waals surface area contributed by atoms with E-state index in [2.05, 4.69) is 34.3 Å². The molecule has 0 radical (unpaired) electrons. The van der Waals surface area contributed by atoms with E-state index in [1.54, 1.807) is 0 Å². The highest BCUT2D eigenvalue weighted by molar-refractivity contribution is 5.81. The summed E-state index contributed by atoms with van der Waals surface area (Å²) in [5.41, 5.74) is 6.49. The Labute approximate surface area is 211 Å². The minimum absolute atomic E-state index is 0.0754. The first-order valence-electron chi connectivity index (χ1n) is 12.4. The Morgan fingerprint density at radius 1 is 0.917 bits per heavy atom. The number of alkyl carbamates (subject to hydrolysis) is 1. The van der Waals surface area contributed by atoms with Gasteiger partial charge in [0, 0.05) is 44.2 Å². The van der Waals surface area contributed by atoms with Gasteiger partial charge < -0.3 is 25.0 Å². The molecule has 1 atom stereocenters. The Bertz CT molecular complexity index is 1190. The van der Waals surface area contributed by atoms with E-state index in [4.69, 9.17) is 4.74 Å². The second-order valence-corrected chi connectivity index (χ2v) is 9.52. The Kier molecular flexibility index (Phi) is 6.91. The molecule has 0 aromatic heterocycles. The van der Waals surface area contributed by atoms with E-state index in [1.807, 2.05) is 60.7 Å². The molecule has 1 fully saturated rings. The fourth-order valence-electron chi connectivity index (χ4n) is 5.13. The third-order valence-electron chi connectivity index (χ3n) is 7.18. The van der Waals surface area contributed by atoms with Crippen molar-refractivity contribution >= 4 is 17.7 Å². The fraction of sp³-hybridized carbons (Fsp3) is 0.310. The molecule has 0 spiro atoms. The van der Waals surface area contributed by atoms with Crippen LogP contribution in [0.25, 0.3) is 11.1 Å². The summed E-state index contributed by atoms with van der Waals surface area (Å²) in [4.78, 5) is 29.1. The molecule has 0 unspecified atom stereocenters. The van der Waals surface area contributed by atoms with E-state index in [9.17, 15) is 14.7 Å². The number of carboxylic acid groups (broad SMARTS) is 1. The van der Waals surface area contributed by atoms with Crippen LogP contribution in [-0.2, 0) is 16.0 Å². The molecule has 36 heavy (non-hydrogen) atoms. The lowest BCUT2D eigenvalue weighted by Crippen LogP contribution is -2.44. The minimum atomic E-state index is -1.09. The van der Waals surface area contributed by atoms with Gasteiger partial charge in [0.1, 0.15) is 12.6 Å². The zero-order chi connectivity index (χ0) is 25.1. The van der Waals surface area contributed by atoms with Gasteiger partial charge in [0.25, 0.3) is 0 Å². The van der Waals surface area contributed by atoms with Gasteiger partial charge in [-0.15, -0.1) is 0 Å². The molecule has 5 rings (SSSR count). The molecule has 0 saturated carbocycles. The summed E-state index contributed by atoms with van der Waals surface area (Å²) in [5.74, 6) is -1.17. The standard InChI is InChI=1S/C29H31N3O4/c1-31-14-16-32(17-15-31)21-12-10-20(11-13-21)18-27(28(33)34)30-29(35)36-19-26-24-8-4-2-6-22(24)23-7-3-5-9-25(23)26/h2-13,26-27H,14-19H2,1H3,(H,30,35)(H,33,34)/t27-/m0/s1. The lowest BCUT2D eigenvalue weighted by molar-refractivity contribution is -0.139. The van der Waals surface area contributed by atoms with Crippen LogP contribution in [-0.4, -0.2) is 67.9 Å². The molecule has 1 heterocycles. The van der Waals surface area contributed by atoms with Gasteiger partial charge in [-0.25, -0.2) is 9.59 Å². The topological polar surface area (TPSA) is 82.1 Å². The highest BCUT2D eigenvalue weighted by Gasteiger charge is 2.30.